The van der Waals surface area contributed by atoms with Crippen LogP contribution in [0.3, 0.4) is 0 Å². The van der Waals surface area contributed by atoms with Crippen molar-refractivity contribution in [2.75, 3.05) is 11.9 Å². The summed E-state index contributed by atoms with van der Waals surface area (Å²) in [4.78, 5) is 24.6. The Morgan fingerprint density at radius 2 is 1.64 bits per heavy atom. The largest absolute Gasteiger partial charge is 0.482 e. The predicted molar refractivity (Wildman–Crippen MR) is 111 cm³/mol. The Balaban J connectivity index is 1.93. The fourth-order valence-corrected chi connectivity index (χ4v) is 2.86. The molecule has 0 heterocycles. The van der Waals surface area contributed by atoms with Crippen molar-refractivity contribution in [1.82, 2.24) is 0 Å². The number of rotatable bonds is 8. The Morgan fingerprint density at radius 1 is 1.00 bits per heavy atom. The van der Waals surface area contributed by atoms with Crippen molar-refractivity contribution in [3.8, 4) is 5.75 Å². The van der Waals surface area contributed by atoms with Gasteiger partial charge in [0.15, 0.2) is 12.7 Å². The zero-order valence-corrected chi connectivity index (χ0v) is 17.3. The molecule has 0 spiro atoms. The highest BCUT2D eigenvalue weighted by molar-refractivity contribution is 5.96. The summed E-state index contributed by atoms with van der Waals surface area (Å²) in [6.45, 7) is 9.38. The van der Waals surface area contributed by atoms with Crippen LogP contribution in [0.1, 0.15) is 43.0 Å². The number of anilines is 1. The van der Waals surface area contributed by atoms with Crippen LogP contribution in [0.25, 0.3) is 0 Å². The Hall–Kier alpha value is -2.82. The molecule has 0 aliphatic carbocycles. The first kappa shape index (κ1) is 21.5. The van der Waals surface area contributed by atoms with Gasteiger partial charge in [-0.05, 0) is 68.0 Å². The maximum atomic E-state index is 12.5. The zero-order chi connectivity index (χ0) is 20.7. The summed E-state index contributed by atoms with van der Waals surface area (Å²) in [5, 5.41) is 2.92. The van der Waals surface area contributed by atoms with Crippen molar-refractivity contribution in [3.63, 3.8) is 0 Å². The van der Waals surface area contributed by atoms with Crippen molar-refractivity contribution >= 4 is 17.6 Å². The monoisotopic (exact) mass is 383 g/mol. The number of nitrogens with one attached hydrogen (secondary N) is 1. The van der Waals surface area contributed by atoms with Crippen LogP contribution >= 0.6 is 0 Å². The minimum absolute atomic E-state index is 0.244. The number of ether oxygens (including phenoxy) is 2. The number of esters is 1. The molecule has 0 aliphatic rings. The van der Waals surface area contributed by atoms with Crippen molar-refractivity contribution in [2.45, 2.75) is 53.6 Å². The van der Waals surface area contributed by atoms with E-state index in [2.05, 4.69) is 5.32 Å². The molecule has 0 fully saturated rings. The summed E-state index contributed by atoms with van der Waals surface area (Å²) in [7, 11) is 0. The zero-order valence-electron chi connectivity index (χ0n) is 17.3. The molecule has 1 N–H and O–H groups in total. The van der Waals surface area contributed by atoms with E-state index in [4.69, 9.17) is 9.47 Å². The molecule has 1 amide bonds. The molecule has 0 bridgehead atoms. The molecule has 28 heavy (non-hydrogen) atoms. The summed E-state index contributed by atoms with van der Waals surface area (Å²) in [6.07, 6.45) is 0.702. The van der Waals surface area contributed by atoms with E-state index in [9.17, 15) is 9.59 Å². The lowest BCUT2D eigenvalue weighted by atomic mass is 10.0. The molecule has 5 heteroatoms. The number of benzene rings is 2. The van der Waals surface area contributed by atoms with Gasteiger partial charge in [0.2, 0.25) is 0 Å². The van der Waals surface area contributed by atoms with Crippen molar-refractivity contribution < 1.29 is 19.1 Å². The number of aryl methyl sites for hydroxylation is 4. The van der Waals surface area contributed by atoms with Gasteiger partial charge >= 0.3 is 5.97 Å². The summed E-state index contributed by atoms with van der Waals surface area (Å²) in [5.74, 6) is -0.336. The number of carbonyl (C=O) groups is 2. The molecule has 2 rings (SSSR count). The number of carbonyl (C=O) groups excluding carboxylic acids is 2. The fourth-order valence-electron chi connectivity index (χ4n) is 2.86. The van der Waals surface area contributed by atoms with Crippen molar-refractivity contribution in [1.29, 1.82) is 0 Å². The van der Waals surface area contributed by atoms with E-state index in [1.54, 1.807) is 13.0 Å². The molecule has 0 aromatic heterocycles. The lowest BCUT2D eigenvalue weighted by molar-refractivity contribution is -0.155. The highest BCUT2D eigenvalue weighted by Gasteiger charge is 2.20. The lowest BCUT2D eigenvalue weighted by Crippen LogP contribution is -2.32. The Labute approximate surface area is 167 Å². The number of hydrogen-bond acceptors (Lipinski definition) is 4. The van der Waals surface area contributed by atoms with Gasteiger partial charge in [0.25, 0.3) is 5.91 Å². The smallest absolute Gasteiger partial charge is 0.344 e. The molecule has 0 saturated carbocycles. The molecule has 2 aromatic carbocycles. The maximum Gasteiger partial charge on any atom is 0.344 e. The van der Waals surface area contributed by atoms with E-state index < -0.39 is 12.1 Å². The molecule has 5 nitrogen and oxygen atoms in total. The van der Waals surface area contributed by atoms with E-state index in [1.165, 1.54) is 0 Å². The quantitative estimate of drug-likeness (QED) is 0.687. The minimum Gasteiger partial charge on any atom is -0.482 e. The van der Waals surface area contributed by atoms with Crippen molar-refractivity contribution in [2.24, 2.45) is 0 Å². The Morgan fingerprint density at radius 3 is 2.21 bits per heavy atom. The molecule has 0 radical (unpaired) electrons. The van der Waals surface area contributed by atoms with Gasteiger partial charge in [0.1, 0.15) is 5.75 Å². The van der Waals surface area contributed by atoms with Crippen LogP contribution in [-0.2, 0) is 27.2 Å². The first-order valence-corrected chi connectivity index (χ1v) is 9.66. The summed E-state index contributed by atoms with van der Waals surface area (Å²) in [6, 6.07) is 11.6. The second-order valence-electron chi connectivity index (χ2n) is 6.81. The van der Waals surface area contributed by atoms with Crippen LogP contribution in [0.4, 0.5) is 5.69 Å². The average Bonchev–Trinajstić information content (AvgIpc) is 2.68. The standard InChI is InChI=1S/C23H29NO4/c1-6-18-9-8-10-19(7-2)22(18)24-23(26)17(5)28-21(25)14-27-20-12-11-15(3)16(4)13-20/h8-13,17H,6-7,14H2,1-5H3,(H,24,26)/t17-/m0/s1. The third-order valence-electron chi connectivity index (χ3n) is 4.76. The molecule has 0 saturated heterocycles. The molecule has 1 atom stereocenters. The molecular formula is C23H29NO4. The summed E-state index contributed by atoms with van der Waals surface area (Å²) in [5.41, 5.74) is 5.17. The second kappa shape index (κ2) is 9.93. The van der Waals surface area contributed by atoms with E-state index in [-0.39, 0.29) is 12.5 Å². The third-order valence-corrected chi connectivity index (χ3v) is 4.76. The van der Waals surface area contributed by atoms with E-state index in [0.29, 0.717) is 5.75 Å². The van der Waals surface area contributed by atoms with Crippen LogP contribution in [0.5, 0.6) is 5.75 Å². The van der Waals surface area contributed by atoms with Crippen LogP contribution in [0.2, 0.25) is 0 Å². The van der Waals surface area contributed by atoms with Crippen LogP contribution in [-0.4, -0.2) is 24.6 Å². The topological polar surface area (TPSA) is 64.6 Å². The SMILES string of the molecule is CCc1cccc(CC)c1NC(=O)[C@H](C)OC(=O)COc1ccc(C)c(C)c1. The van der Waals surface area contributed by atoms with Crippen LogP contribution in [0.15, 0.2) is 36.4 Å². The van der Waals surface area contributed by atoms with E-state index in [0.717, 1.165) is 40.8 Å². The second-order valence-corrected chi connectivity index (χ2v) is 6.81. The fraction of sp³-hybridized carbons (Fsp3) is 0.391. The number of para-hydroxylation sites is 1. The van der Waals surface area contributed by atoms with Gasteiger partial charge in [-0.2, -0.15) is 0 Å². The predicted octanol–water partition coefficient (Wildman–Crippen LogP) is 4.38. The van der Waals surface area contributed by atoms with Gasteiger partial charge in [-0.25, -0.2) is 4.79 Å². The first-order valence-electron chi connectivity index (χ1n) is 9.66. The average molecular weight is 383 g/mol. The normalized spacial score (nSPS) is 11.6. The number of amides is 1. The van der Waals surface area contributed by atoms with Gasteiger partial charge < -0.3 is 14.8 Å². The highest BCUT2D eigenvalue weighted by Crippen LogP contribution is 2.23. The molecule has 0 aliphatic heterocycles. The van der Waals surface area contributed by atoms with Crippen molar-refractivity contribution in [3.05, 3.63) is 58.7 Å². The third kappa shape index (κ3) is 5.59. The minimum atomic E-state index is -0.912. The van der Waals surface area contributed by atoms with Gasteiger partial charge in [0, 0.05) is 5.69 Å². The Kier molecular flexibility index (Phi) is 7.61. The van der Waals surface area contributed by atoms with E-state index in [1.807, 2.05) is 58.0 Å². The maximum absolute atomic E-state index is 12.5. The molecule has 0 unspecified atom stereocenters. The first-order chi connectivity index (χ1) is 13.3. The van der Waals surface area contributed by atoms with Crippen LogP contribution in [0, 0.1) is 13.8 Å². The molecule has 150 valence electrons. The summed E-state index contributed by atoms with van der Waals surface area (Å²) >= 11 is 0. The lowest BCUT2D eigenvalue weighted by Gasteiger charge is -2.18. The van der Waals surface area contributed by atoms with Gasteiger partial charge in [-0.1, -0.05) is 38.1 Å². The van der Waals surface area contributed by atoms with Gasteiger partial charge in [0.05, 0.1) is 0 Å². The van der Waals surface area contributed by atoms with Crippen LogP contribution < -0.4 is 10.1 Å². The van der Waals surface area contributed by atoms with Gasteiger partial charge in [-0.3, -0.25) is 4.79 Å². The van der Waals surface area contributed by atoms with E-state index >= 15 is 0 Å². The highest BCUT2D eigenvalue weighted by atomic mass is 16.6. The molecular weight excluding hydrogens is 354 g/mol. The number of hydrogen-bond donors (Lipinski definition) is 1. The molecule has 2 aromatic rings. The van der Waals surface area contributed by atoms with Gasteiger partial charge in [-0.15, -0.1) is 0 Å². The Bertz CT molecular complexity index is 822. The summed E-state index contributed by atoms with van der Waals surface area (Å²) < 4.78 is 10.7.